The highest BCUT2D eigenvalue weighted by Gasteiger charge is 2.36. The Labute approximate surface area is 159 Å². The fraction of sp³-hybridized carbons (Fsp3) is 0.444. The SMILES string of the molecule is CCc1nc2sc([C@H](c3ccc(F)c(F)c3)[NH+]3CC[NH+](C)CC3)c(O)n2n1. The van der Waals surface area contributed by atoms with Crippen LogP contribution >= 0.6 is 11.3 Å². The van der Waals surface area contributed by atoms with E-state index in [1.807, 2.05) is 6.92 Å². The zero-order valence-corrected chi connectivity index (χ0v) is 16.1. The number of thiazole rings is 1. The minimum Gasteiger partial charge on any atom is -0.492 e. The van der Waals surface area contributed by atoms with E-state index in [9.17, 15) is 13.9 Å². The van der Waals surface area contributed by atoms with Gasteiger partial charge in [0.05, 0.1) is 7.05 Å². The lowest BCUT2D eigenvalue weighted by molar-refractivity contribution is -1.02. The summed E-state index contributed by atoms with van der Waals surface area (Å²) in [5.41, 5.74) is 0.652. The van der Waals surface area contributed by atoms with Crippen molar-refractivity contribution in [3.63, 3.8) is 0 Å². The predicted octanol–water partition coefficient (Wildman–Crippen LogP) is -0.160. The molecule has 0 unspecified atom stereocenters. The molecule has 0 aliphatic carbocycles. The molecule has 27 heavy (non-hydrogen) atoms. The topological polar surface area (TPSA) is 59.3 Å². The molecule has 1 aromatic carbocycles. The molecule has 1 saturated heterocycles. The van der Waals surface area contributed by atoms with E-state index in [-0.39, 0.29) is 11.9 Å². The number of hydrogen-bond donors (Lipinski definition) is 3. The van der Waals surface area contributed by atoms with Gasteiger partial charge in [-0.25, -0.2) is 13.8 Å². The fourth-order valence-electron chi connectivity index (χ4n) is 3.68. The summed E-state index contributed by atoms with van der Waals surface area (Å²) in [5, 5.41) is 15.2. The number of piperazine rings is 1. The Hall–Kier alpha value is -2.10. The summed E-state index contributed by atoms with van der Waals surface area (Å²) in [6.07, 6.45) is 0.683. The van der Waals surface area contributed by atoms with Gasteiger partial charge in [-0.15, -0.1) is 5.10 Å². The number of aryl methyl sites for hydroxylation is 1. The molecule has 3 N–H and O–H groups in total. The van der Waals surface area contributed by atoms with Gasteiger partial charge >= 0.3 is 0 Å². The van der Waals surface area contributed by atoms with Gasteiger partial charge in [-0.2, -0.15) is 4.52 Å². The lowest BCUT2D eigenvalue weighted by atomic mass is 10.0. The molecule has 6 nitrogen and oxygen atoms in total. The number of nitrogens with one attached hydrogen (secondary N) is 2. The zero-order valence-electron chi connectivity index (χ0n) is 15.3. The van der Waals surface area contributed by atoms with Crippen molar-refractivity contribution in [3.05, 3.63) is 46.1 Å². The van der Waals surface area contributed by atoms with Crippen molar-refractivity contribution < 1.29 is 23.7 Å². The number of halogens is 2. The second-order valence-corrected chi connectivity index (χ2v) is 8.10. The van der Waals surface area contributed by atoms with Crippen LogP contribution in [0.25, 0.3) is 4.96 Å². The lowest BCUT2D eigenvalue weighted by Crippen LogP contribution is -3.27. The summed E-state index contributed by atoms with van der Waals surface area (Å²) in [6.45, 7) is 5.68. The summed E-state index contributed by atoms with van der Waals surface area (Å²) in [4.78, 5) is 8.42. The van der Waals surface area contributed by atoms with Crippen molar-refractivity contribution in [2.75, 3.05) is 33.2 Å². The second-order valence-electron chi connectivity index (χ2n) is 7.09. The Morgan fingerprint density at radius 3 is 2.59 bits per heavy atom. The average Bonchev–Trinajstić information content (AvgIpc) is 3.19. The van der Waals surface area contributed by atoms with Gasteiger partial charge in [0.2, 0.25) is 10.8 Å². The second kappa shape index (κ2) is 7.14. The molecule has 0 saturated carbocycles. The first-order chi connectivity index (χ1) is 13.0. The van der Waals surface area contributed by atoms with Crippen LogP contribution in [0.15, 0.2) is 18.2 Å². The molecule has 3 heterocycles. The molecular weight excluding hydrogens is 372 g/mol. The van der Waals surface area contributed by atoms with Gasteiger partial charge in [0.25, 0.3) is 0 Å². The van der Waals surface area contributed by atoms with Crippen LogP contribution in [0.2, 0.25) is 0 Å². The lowest BCUT2D eigenvalue weighted by Gasteiger charge is -2.33. The van der Waals surface area contributed by atoms with E-state index in [2.05, 4.69) is 17.1 Å². The number of rotatable bonds is 4. The predicted molar refractivity (Wildman–Crippen MR) is 97.4 cm³/mol. The number of fused-ring (bicyclic) bond motifs is 1. The molecule has 2 aromatic heterocycles. The van der Waals surface area contributed by atoms with Crippen LogP contribution in [0.3, 0.4) is 0 Å². The monoisotopic (exact) mass is 395 g/mol. The maximum atomic E-state index is 14.0. The Kier molecular flexibility index (Phi) is 4.83. The van der Waals surface area contributed by atoms with E-state index in [1.165, 1.54) is 31.7 Å². The van der Waals surface area contributed by atoms with E-state index in [1.54, 1.807) is 6.07 Å². The summed E-state index contributed by atoms with van der Waals surface area (Å²) in [6, 6.07) is 3.72. The highest BCUT2D eigenvalue weighted by Crippen LogP contribution is 2.35. The molecule has 1 aliphatic heterocycles. The number of aromatic hydroxyl groups is 1. The first kappa shape index (κ1) is 18.3. The molecule has 1 atom stereocenters. The van der Waals surface area contributed by atoms with Crippen LogP contribution in [-0.4, -0.2) is 52.9 Å². The largest absolute Gasteiger partial charge is 0.492 e. The van der Waals surface area contributed by atoms with Crippen LogP contribution in [0.1, 0.15) is 29.2 Å². The quantitative estimate of drug-likeness (QED) is 0.576. The minimum atomic E-state index is -0.871. The molecule has 144 valence electrons. The summed E-state index contributed by atoms with van der Waals surface area (Å²) in [5.74, 6) is -1.03. The van der Waals surface area contributed by atoms with Crippen molar-refractivity contribution in [2.24, 2.45) is 0 Å². The smallest absolute Gasteiger partial charge is 0.235 e. The molecule has 4 rings (SSSR count). The highest BCUT2D eigenvalue weighted by atomic mass is 32.1. The molecule has 1 aliphatic rings. The van der Waals surface area contributed by atoms with Crippen molar-refractivity contribution in [3.8, 4) is 5.88 Å². The first-order valence-corrected chi connectivity index (χ1v) is 9.97. The molecule has 0 amide bonds. The summed E-state index contributed by atoms with van der Waals surface area (Å²) < 4.78 is 28.9. The average molecular weight is 395 g/mol. The van der Waals surface area contributed by atoms with Gasteiger partial charge in [0, 0.05) is 12.0 Å². The summed E-state index contributed by atoms with van der Waals surface area (Å²) >= 11 is 1.36. The number of benzene rings is 1. The Morgan fingerprint density at radius 2 is 1.96 bits per heavy atom. The maximum absolute atomic E-state index is 14.0. The zero-order chi connectivity index (χ0) is 19.1. The molecule has 0 bridgehead atoms. The Bertz CT molecular complexity index is 964. The van der Waals surface area contributed by atoms with E-state index >= 15 is 0 Å². The Morgan fingerprint density at radius 1 is 1.22 bits per heavy atom. The summed E-state index contributed by atoms with van der Waals surface area (Å²) in [7, 11) is 2.15. The van der Waals surface area contributed by atoms with Crippen LogP contribution < -0.4 is 9.80 Å². The van der Waals surface area contributed by atoms with Gasteiger partial charge in [0.15, 0.2) is 23.5 Å². The standard InChI is InChI=1S/C18H21F2N5OS/c1-3-14-21-18-25(22-14)17(26)16(27-18)15(24-8-6-23(2)7-9-24)11-4-5-12(19)13(20)10-11/h4-5,10,15,26H,3,6-9H2,1-2H3/p+2/t15-/m0/s1. The van der Waals surface area contributed by atoms with Crippen molar-refractivity contribution in [1.82, 2.24) is 14.6 Å². The maximum Gasteiger partial charge on any atom is 0.235 e. The molecule has 0 spiro atoms. The van der Waals surface area contributed by atoms with Crippen molar-refractivity contribution in [1.29, 1.82) is 0 Å². The fourth-order valence-corrected chi connectivity index (χ4v) is 4.84. The Balaban J connectivity index is 1.80. The highest BCUT2D eigenvalue weighted by molar-refractivity contribution is 7.17. The number of nitrogens with zero attached hydrogens (tertiary/aromatic N) is 3. The normalized spacial score (nSPS) is 21.6. The van der Waals surface area contributed by atoms with Crippen LogP contribution in [0, 0.1) is 11.6 Å². The third kappa shape index (κ3) is 3.30. The minimum absolute atomic E-state index is 0.0377. The van der Waals surface area contributed by atoms with Gasteiger partial charge in [-0.1, -0.05) is 18.3 Å². The third-order valence-corrected chi connectivity index (χ3v) is 6.34. The van der Waals surface area contributed by atoms with E-state index < -0.39 is 11.6 Å². The van der Waals surface area contributed by atoms with Gasteiger partial charge in [0.1, 0.15) is 31.1 Å². The van der Waals surface area contributed by atoms with Gasteiger partial charge in [-0.3, -0.25) is 0 Å². The number of hydrogen-bond acceptors (Lipinski definition) is 4. The van der Waals surface area contributed by atoms with Crippen LogP contribution in [0.4, 0.5) is 8.78 Å². The van der Waals surface area contributed by atoms with Crippen molar-refractivity contribution in [2.45, 2.75) is 19.4 Å². The molecule has 1 fully saturated rings. The first-order valence-electron chi connectivity index (χ1n) is 9.16. The number of quaternary nitrogens is 2. The van der Waals surface area contributed by atoms with Crippen molar-refractivity contribution >= 4 is 16.3 Å². The third-order valence-electron chi connectivity index (χ3n) is 5.25. The van der Waals surface area contributed by atoms with Gasteiger partial charge < -0.3 is 14.9 Å². The van der Waals surface area contributed by atoms with E-state index in [4.69, 9.17) is 0 Å². The molecule has 3 aromatic rings. The molecule has 9 heteroatoms. The van der Waals surface area contributed by atoms with Crippen LogP contribution in [0.5, 0.6) is 5.88 Å². The number of aromatic nitrogens is 3. The van der Waals surface area contributed by atoms with Gasteiger partial charge in [-0.05, 0) is 18.2 Å². The number of likely N-dealkylation sites (N-methyl/N-ethyl adjacent to an activating group) is 1. The molecular formula is C18H23F2N5OS+2. The van der Waals surface area contributed by atoms with Crippen LogP contribution in [-0.2, 0) is 6.42 Å². The molecule has 0 radical (unpaired) electrons. The van der Waals surface area contributed by atoms with E-state index in [0.29, 0.717) is 27.6 Å². The van der Waals surface area contributed by atoms with E-state index in [0.717, 1.165) is 32.2 Å².